The Kier molecular flexibility index (Phi) is 3.06. The molecule has 2 N–H and O–H groups in total. The van der Waals surface area contributed by atoms with Crippen LogP contribution in [-0.4, -0.2) is 16.7 Å². The van der Waals surface area contributed by atoms with Crippen LogP contribution in [0, 0.1) is 6.92 Å². The molecule has 0 aliphatic heterocycles. The third-order valence-corrected chi connectivity index (χ3v) is 3.42. The van der Waals surface area contributed by atoms with Crippen molar-refractivity contribution < 1.29 is 14.7 Å². The van der Waals surface area contributed by atoms with Crippen LogP contribution in [0.5, 0.6) is 0 Å². The van der Waals surface area contributed by atoms with Gasteiger partial charge in [-0.2, -0.15) is 0 Å². The van der Waals surface area contributed by atoms with Crippen molar-refractivity contribution in [3.05, 3.63) is 70.9 Å². The molecule has 0 bridgehead atoms. The van der Waals surface area contributed by atoms with Crippen molar-refractivity contribution >= 4 is 23.0 Å². The molecule has 0 spiro atoms. The Hall–Kier alpha value is -2.88. The van der Waals surface area contributed by atoms with Gasteiger partial charge in [0, 0.05) is 16.8 Å². The molecule has 21 heavy (non-hydrogen) atoms. The van der Waals surface area contributed by atoms with Gasteiger partial charge in [-0.1, -0.05) is 42.0 Å². The summed E-state index contributed by atoms with van der Waals surface area (Å²) in [6, 6.07) is 13.9. The van der Waals surface area contributed by atoms with E-state index in [4.69, 9.17) is 0 Å². The van der Waals surface area contributed by atoms with Crippen molar-refractivity contribution in [3.63, 3.8) is 0 Å². The Morgan fingerprint density at radius 3 is 2.14 bits per heavy atom. The Morgan fingerprint density at radius 2 is 1.48 bits per heavy atom. The van der Waals surface area contributed by atoms with E-state index in [2.05, 4.69) is 5.32 Å². The van der Waals surface area contributed by atoms with Gasteiger partial charge < -0.3 is 10.4 Å². The lowest BCUT2D eigenvalue weighted by Crippen LogP contribution is -2.27. The number of carbonyl (C=O) groups is 2. The first-order valence-corrected chi connectivity index (χ1v) is 6.53. The van der Waals surface area contributed by atoms with Crippen molar-refractivity contribution in [2.24, 2.45) is 0 Å². The van der Waals surface area contributed by atoms with E-state index in [1.165, 1.54) is 6.07 Å². The summed E-state index contributed by atoms with van der Waals surface area (Å²) in [4.78, 5) is 24.2. The first-order chi connectivity index (χ1) is 10.1. The Morgan fingerprint density at radius 1 is 0.857 bits per heavy atom. The summed E-state index contributed by atoms with van der Waals surface area (Å²) in [6.07, 6.45) is 0. The Bertz CT molecular complexity index is 773. The maximum Gasteiger partial charge on any atom is 0.253 e. The predicted molar refractivity (Wildman–Crippen MR) is 80.1 cm³/mol. The SMILES string of the molecule is Cc1ccc(NC2=C(O)c3ccccc3C(=O)C2=O)cc1. The lowest BCUT2D eigenvalue weighted by Gasteiger charge is -2.18. The fraction of sp³-hybridized carbons (Fsp3) is 0.0588. The van der Waals surface area contributed by atoms with Crippen molar-refractivity contribution in [3.8, 4) is 0 Å². The highest BCUT2D eigenvalue weighted by Gasteiger charge is 2.32. The first-order valence-electron chi connectivity index (χ1n) is 6.53. The monoisotopic (exact) mass is 279 g/mol. The van der Waals surface area contributed by atoms with E-state index in [0.717, 1.165) is 5.56 Å². The number of ketones is 2. The van der Waals surface area contributed by atoms with Gasteiger partial charge in [-0.25, -0.2) is 0 Å². The van der Waals surface area contributed by atoms with E-state index in [0.29, 0.717) is 11.3 Å². The summed E-state index contributed by atoms with van der Waals surface area (Å²) in [5, 5.41) is 13.1. The number of aliphatic hydroxyl groups is 1. The van der Waals surface area contributed by atoms with Gasteiger partial charge >= 0.3 is 0 Å². The van der Waals surface area contributed by atoms with Crippen LogP contribution < -0.4 is 5.32 Å². The number of fused-ring (bicyclic) bond motifs is 1. The smallest absolute Gasteiger partial charge is 0.253 e. The Labute approximate surface area is 121 Å². The van der Waals surface area contributed by atoms with E-state index in [-0.39, 0.29) is 17.0 Å². The quantitative estimate of drug-likeness (QED) is 0.829. The zero-order chi connectivity index (χ0) is 15.0. The van der Waals surface area contributed by atoms with Crippen LogP contribution in [0.4, 0.5) is 5.69 Å². The maximum atomic E-state index is 12.1. The third-order valence-electron chi connectivity index (χ3n) is 3.42. The molecule has 2 aromatic rings. The van der Waals surface area contributed by atoms with E-state index >= 15 is 0 Å². The number of aliphatic hydroxyl groups excluding tert-OH is 1. The van der Waals surface area contributed by atoms with E-state index in [1.54, 1.807) is 30.3 Å². The van der Waals surface area contributed by atoms with Gasteiger partial charge in [-0.05, 0) is 19.1 Å². The molecule has 2 aromatic carbocycles. The highest BCUT2D eigenvalue weighted by atomic mass is 16.3. The molecular weight excluding hydrogens is 266 g/mol. The minimum atomic E-state index is -0.730. The minimum Gasteiger partial charge on any atom is -0.505 e. The van der Waals surface area contributed by atoms with Gasteiger partial charge in [0.2, 0.25) is 5.78 Å². The maximum absolute atomic E-state index is 12.1. The summed E-state index contributed by atoms with van der Waals surface area (Å²) in [7, 11) is 0. The molecule has 0 amide bonds. The number of nitrogens with one attached hydrogen (secondary N) is 1. The average molecular weight is 279 g/mol. The molecule has 0 unspecified atom stereocenters. The fourth-order valence-corrected chi connectivity index (χ4v) is 2.26. The number of rotatable bonds is 2. The zero-order valence-corrected chi connectivity index (χ0v) is 11.4. The van der Waals surface area contributed by atoms with Crippen molar-refractivity contribution in [2.45, 2.75) is 6.92 Å². The molecule has 0 saturated heterocycles. The van der Waals surface area contributed by atoms with Gasteiger partial charge in [0.1, 0.15) is 5.70 Å². The molecule has 104 valence electrons. The highest BCUT2D eigenvalue weighted by molar-refractivity contribution is 6.52. The van der Waals surface area contributed by atoms with Crippen LogP contribution in [-0.2, 0) is 4.79 Å². The van der Waals surface area contributed by atoms with Crippen LogP contribution in [0.1, 0.15) is 21.5 Å². The molecule has 1 aliphatic rings. The number of hydrogen-bond donors (Lipinski definition) is 2. The van der Waals surface area contributed by atoms with E-state index in [1.807, 2.05) is 19.1 Å². The van der Waals surface area contributed by atoms with Crippen LogP contribution in [0.25, 0.3) is 5.76 Å². The molecule has 0 fully saturated rings. The summed E-state index contributed by atoms with van der Waals surface area (Å²) >= 11 is 0. The standard InChI is InChI=1S/C17H13NO3/c1-10-6-8-11(9-7-10)18-14-15(19)12-4-2-3-5-13(12)16(20)17(14)21/h2-9,18-19H,1H3. The average Bonchev–Trinajstić information content (AvgIpc) is 2.51. The second-order valence-electron chi connectivity index (χ2n) is 4.92. The second kappa shape index (κ2) is 4.90. The topological polar surface area (TPSA) is 66.4 Å². The summed E-state index contributed by atoms with van der Waals surface area (Å²) in [5.74, 6) is -1.54. The number of anilines is 1. The Balaban J connectivity index is 2.06. The van der Waals surface area contributed by atoms with Crippen molar-refractivity contribution in [2.75, 3.05) is 5.32 Å². The molecule has 0 aromatic heterocycles. The lowest BCUT2D eigenvalue weighted by molar-refractivity contribution is -0.111. The van der Waals surface area contributed by atoms with Crippen LogP contribution in [0.2, 0.25) is 0 Å². The number of allylic oxidation sites excluding steroid dienone is 1. The van der Waals surface area contributed by atoms with Gasteiger partial charge in [0.25, 0.3) is 5.78 Å². The number of Topliss-reactive ketones (excluding diaryl/α,β-unsaturated/α-hetero) is 2. The van der Waals surface area contributed by atoms with Gasteiger partial charge in [-0.3, -0.25) is 9.59 Å². The molecule has 3 rings (SSSR count). The molecule has 4 nitrogen and oxygen atoms in total. The lowest BCUT2D eigenvalue weighted by atomic mass is 9.91. The molecule has 0 atom stereocenters. The number of carbonyl (C=O) groups excluding carboxylic acids is 2. The molecule has 1 aliphatic carbocycles. The van der Waals surface area contributed by atoms with Crippen LogP contribution in [0.15, 0.2) is 54.2 Å². The summed E-state index contributed by atoms with van der Waals surface area (Å²) in [5.41, 5.74) is 2.24. The van der Waals surface area contributed by atoms with Gasteiger partial charge in [0.05, 0.1) is 0 Å². The minimum absolute atomic E-state index is 0.0810. The molecule has 0 radical (unpaired) electrons. The molecule has 4 heteroatoms. The van der Waals surface area contributed by atoms with Gasteiger partial charge in [0.15, 0.2) is 5.76 Å². The predicted octanol–water partition coefficient (Wildman–Crippen LogP) is 3.10. The molecule has 0 saturated carbocycles. The van der Waals surface area contributed by atoms with E-state index < -0.39 is 11.6 Å². The largest absolute Gasteiger partial charge is 0.505 e. The van der Waals surface area contributed by atoms with Crippen LogP contribution >= 0.6 is 0 Å². The van der Waals surface area contributed by atoms with Crippen molar-refractivity contribution in [1.29, 1.82) is 0 Å². The summed E-state index contributed by atoms with van der Waals surface area (Å²) < 4.78 is 0. The van der Waals surface area contributed by atoms with Crippen LogP contribution in [0.3, 0.4) is 0 Å². The highest BCUT2D eigenvalue weighted by Crippen LogP contribution is 2.28. The second-order valence-corrected chi connectivity index (χ2v) is 4.92. The molecule has 0 heterocycles. The number of hydrogen-bond acceptors (Lipinski definition) is 4. The summed E-state index contributed by atoms with van der Waals surface area (Å²) in [6.45, 7) is 1.95. The zero-order valence-electron chi connectivity index (χ0n) is 11.4. The third kappa shape index (κ3) is 2.21. The first kappa shape index (κ1) is 13.1. The van der Waals surface area contributed by atoms with Crippen molar-refractivity contribution in [1.82, 2.24) is 0 Å². The van der Waals surface area contributed by atoms with E-state index in [9.17, 15) is 14.7 Å². The fourth-order valence-electron chi connectivity index (χ4n) is 2.26. The molecular formula is C17H13NO3. The normalized spacial score (nSPS) is 14.1. The number of benzene rings is 2. The van der Waals surface area contributed by atoms with Gasteiger partial charge in [-0.15, -0.1) is 0 Å². The number of aryl methyl sites for hydroxylation is 1.